The lowest BCUT2D eigenvalue weighted by atomic mass is 9.98. The molecule has 0 aromatic heterocycles. The van der Waals surface area contributed by atoms with Gasteiger partial charge in [0.1, 0.15) is 18.0 Å². The molecule has 13 heteroatoms. The van der Waals surface area contributed by atoms with Gasteiger partial charge in [0.05, 0.1) is 23.7 Å². The van der Waals surface area contributed by atoms with Crippen molar-refractivity contribution in [1.29, 1.82) is 0 Å². The Hall–Kier alpha value is -6.10. The fraction of sp³-hybridized carbons (Fsp3) is 0.262. The monoisotopic (exact) mass is 758 g/mol. The van der Waals surface area contributed by atoms with E-state index in [0.29, 0.717) is 28.8 Å². The molecular weight excluding hydrogens is 717 g/mol. The van der Waals surface area contributed by atoms with E-state index < -0.39 is 28.3 Å². The van der Waals surface area contributed by atoms with Crippen LogP contribution < -0.4 is 9.62 Å². The zero-order valence-corrected chi connectivity index (χ0v) is 31.3. The number of carbonyl (C=O) groups is 3. The predicted molar refractivity (Wildman–Crippen MR) is 208 cm³/mol. The maximum absolute atomic E-state index is 14.7. The van der Waals surface area contributed by atoms with Gasteiger partial charge < -0.3 is 20.2 Å². The number of para-hydroxylation sites is 1. The number of phenolic OH excluding ortho intramolecular Hbond substituents is 1. The van der Waals surface area contributed by atoms with E-state index in [2.05, 4.69) is 17.8 Å². The van der Waals surface area contributed by atoms with E-state index in [1.54, 1.807) is 64.5 Å². The maximum atomic E-state index is 14.7. The Morgan fingerprint density at radius 2 is 1.71 bits per heavy atom. The van der Waals surface area contributed by atoms with Gasteiger partial charge >= 0.3 is 6.03 Å². The first-order valence-electron chi connectivity index (χ1n) is 18.0. The van der Waals surface area contributed by atoms with E-state index in [1.807, 2.05) is 37.3 Å². The summed E-state index contributed by atoms with van der Waals surface area (Å²) in [7, 11) is -3.92. The topological polar surface area (TPSA) is 134 Å². The summed E-state index contributed by atoms with van der Waals surface area (Å²) in [6.07, 6.45) is 6.84. The van der Waals surface area contributed by atoms with Crippen molar-refractivity contribution in [3.8, 4) is 18.1 Å². The molecule has 0 spiro atoms. The highest BCUT2D eigenvalue weighted by Gasteiger charge is 2.51. The molecule has 3 aliphatic heterocycles. The molecule has 282 valence electrons. The van der Waals surface area contributed by atoms with Crippen molar-refractivity contribution in [1.82, 2.24) is 25.1 Å². The Bertz CT molecular complexity index is 2270. The average molecular weight is 759 g/mol. The fourth-order valence-electron chi connectivity index (χ4n) is 7.59. The first kappa shape index (κ1) is 37.2. The molecule has 3 aliphatic rings. The summed E-state index contributed by atoms with van der Waals surface area (Å²) < 4.78 is 29.5. The van der Waals surface area contributed by atoms with Crippen LogP contribution in [0.3, 0.4) is 0 Å². The van der Waals surface area contributed by atoms with Gasteiger partial charge in [-0.05, 0) is 72.0 Å². The predicted octanol–water partition coefficient (Wildman–Crippen LogP) is 4.17. The third-order valence-corrected chi connectivity index (χ3v) is 12.1. The average Bonchev–Trinajstić information content (AvgIpc) is 3.63. The number of piperazine rings is 1. The summed E-state index contributed by atoms with van der Waals surface area (Å²) in [6, 6.07) is 24.5. The molecule has 4 amide bonds. The first-order chi connectivity index (χ1) is 26.5. The number of nitrogens with one attached hydrogen (secondary N) is 1. The molecule has 7 rings (SSSR count). The van der Waals surface area contributed by atoms with E-state index in [0.717, 1.165) is 16.7 Å². The van der Waals surface area contributed by atoms with Crippen LogP contribution >= 0.6 is 0 Å². The van der Waals surface area contributed by atoms with E-state index >= 15 is 0 Å². The van der Waals surface area contributed by atoms with E-state index in [9.17, 15) is 27.9 Å². The smallest absolute Gasteiger partial charge is 0.334 e. The number of terminal acetylenes is 1. The maximum Gasteiger partial charge on any atom is 0.334 e. The molecule has 0 bridgehead atoms. The highest BCUT2D eigenvalue weighted by atomic mass is 32.2. The molecule has 4 aromatic carbocycles. The van der Waals surface area contributed by atoms with Gasteiger partial charge in [0.2, 0.25) is 11.8 Å². The number of carbonyl (C=O) groups excluding carboxylic acids is 3. The van der Waals surface area contributed by atoms with Crippen LogP contribution in [-0.2, 0) is 45.5 Å². The number of fused-ring (bicyclic) bond motifs is 2. The lowest BCUT2D eigenvalue weighted by molar-refractivity contribution is -0.189. The van der Waals surface area contributed by atoms with Gasteiger partial charge in [-0.25, -0.2) is 23.2 Å². The van der Waals surface area contributed by atoms with Crippen LogP contribution in [0, 0.1) is 19.3 Å². The number of urea groups is 1. The first-order valence-corrected chi connectivity index (χ1v) is 19.5. The number of hydrogen-bond acceptors (Lipinski definition) is 7. The Morgan fingerprint density at radius 3 is 2.40 bits per heavy atom. The molecule has 4 aromatic rings. The number of sulfonamides is 1. The quantitative estimate of drug-likeness (QED) is 0.183. The fourth-order valence-corrected chi connectivity index (χ4v) is 9.13. The number of aryl methyl sites for hydroxylation is 1. The third kappa shape index (κ3) is 7.38. The van der Waals surface area contributed by atoms with Gasteiger partial charge in [0.25, 0.3) is 10.0 Å². The largest absolute Gasteiger partial charge is 0.508 e. The van der Waals surface area contributed by atoms with Crippen LogP contribution in [0.5, 0.6) is 5.75 Å². The number of nitrogens with zero attached hydrogens (tertiary/aromatic N) is 5. The van der Waals surface area contributed by atoms with Crippen LogP contribution in [-0.4, -0.2) is 89.6 Å². The summed E-state index contributed by atoms with van der Waals surface area (Å²) in [6.45, 7) is 6.21. The van der Waals surface area contributed by atoms with E-state index in [1.165, 1.54) is 26.3 Å². The van der Waals surface area contributed by atoms with Gasteiger partial charge in [-0.15, -0.1) is 13.0 Å². The minimum Gasteiger partial charge on any atom is -0.508 e. The molecule has 12 nitrogen and oxygen atoms in total. The van der Waals surface area contributed by atoms with Crippen LogP contribution in [0.25, 0.3) is 0 Å². The van der Waals surface area contributed by atoms with Crippen molar-refractivity contribution in [2.24, 2.45) is 0 Å². The minimum absolute atomic E-state index is 0.0327. The van der Waals surface area contributed by atoms with Crippen LogP contribution in [0.4, 0.5) is 10.5 Å². The second kappa shape index (κ2) is 15.3. The standard InChI is InChI=1S/C42H42N6O6S/c1-4-22-45-28-39(50)47-37(24-31-15-17-35(49)18-16-31)41(51)44(27-38(47)48(45)42(52)43-25-32-13-11-30(5-2)12-14-32)26-34-8-6-7-33-21-23-46(40(33)34)55(53,54)36-19-9-29(3)10-20-36/h2,4,6-20,37-38,49H,1,21-28H2,3H3,(H,43,52)/t37-,38-/m0/s1. The number of rotatable bonds is 10. The SMILES string of the molecule is C#Cc1ccc(CNC(=O)N2[C@H]3CN(Cc4cccc5c4N(S(=O)(=O)c4ccc(C)cc4)CC5)C(=O)[C@H](Cc4ccc(O)cc4)N3C(=O)CN2CC=C)cc1. The van der Waals surface area contributed by atoms with Gasteiger partial charge in [-0.1, -0.05) is 72.2 Å². The number of hydrazine groups is 1. The van der Waals surface area contributed by atoms with Crippen LogP contribution in [0.1, 0.15) is 33.4 Å². The molecule has 0 radical (unpaired) electrons. The normalized spacial score (nSPS) is 18.5. The molecule has 0 aliphatic carbocycles. The lowest BCUT2D eigenvalue weighted by Crippen LogP contribution is -2.76. The molecule has 2 fully saturated rings. The summed E-state index contributed by atoms with van der Waals surface area (Å²) >= 11 is 0. The van der Waals surface area contributed by atoms with Gasteiger partial charge in [-0.3, -0.25) is 13.9 Å². The Morgan fingerprint density at radius 1 is 1.00 bits per heavy atom. The number of phenols is 1. The van der Waals surface area contributed by atoms with Crippen molar-refractivity contribution in [2.75, 3.05) is 30.5 Å². The van der Waals surface area contributed by atoms with Crippen molar-refractivity contribution < 1.29 is 27.9 Å². The lowest BCUT2D eigenvalue weighted by Gasteiger charge is -2.55. The minimum atomic E-state index is -3.92. The molecule has 2 atom stereocenters. The molecule has 0 saturated carbocycles. The number of amides is 4. The highest BCUT2D eigenvalue weighted by molar-refractivity contribution is 7.92. The number of aromatic hydroxyl groups is 1. The molecule has 55 heavy (non-hydrogen) atoms. The van der Waals surface area contributed by atoms with E-state index in [-0.39, 0.29) is 68.1 Å². The highest BCUT2D eigenvalue weighted by Crippen LogP contribution is 2.38. The van der Waals surface area contributed by atoms with Gasteiger partial charge in [0, 0.05) is 38.2 Å². The number of benzene rings is 4. The molecular formula is C42H42N6O6S. The van der Waals surface area contributed by atoms with Crippen molar-refractivity contribution >= 4 is 33.6 Å². The number of anilines is 1. The molecule has 2 N–H and O–H groups in total. The van der Waals surface area contributed by atoms with Gasteiger partial charge in [-0.2, -0.15) is 0 Å². The van der Waals surface area contributed by atoms with E-state index in [4.69, 9.17) is 6.42 Å². The third-order valence-electron chi connectivity index (χ3n) is 10.3. The second-order valence-electron chi connectivity index (χ2n) is 13.9. The molecule has 0 unspecified atom stereocenters. The zero-order chi connectivity index (χ0) is 38.9. The van der Waals surface area contributed by atoms with Crippen LogP contribution in [0.15, 0.2) is 109 Å². The number of hydrogen-bond donors (Lipinski definition) is 2. The van der Waals surface area contributed by atoms with Crippen molar-refractivity contribution in [3.63, 3.8) is 0 Å². The van der Waals surface area contributed by atoms with Crippen molar-refractivity contribution in [3.05, 3.63) is 137 Å². The molecule has 3 heterocycles. The Labute approximate surface area is 321 Å². The second-order valence-corrected chi connectivity index (χ2v) is 15.8. The Balaban J connectivity index is 1.25. The summed E-state index contributed by atoms with van der Waals surface area (Å²) in [5, 5.41) is 16.1. The summed E-state index contributed by atoms with van der Waals surface area (Å²) in [5.41, 5.74) is 5.20. The molecule has 2 saturated heterocycles. The van der Waals surface area contributed by atoms with Gasteiger partial charge in [0.15, 0.2) is 0 Å². The zero-order valence-electron chi connectivity index (χ0n) is 30.5. The van der Waals surface area contributed by atoms with Crippen molar-refractivity contribution in [2.45, 2.75) is 50.0 Å². The Kier molecular flexibility index (Phi) is 10.4. The summed E-state index contributed by atoms with van der Waals surface area (Å²) in [5.74, 6) is 1.98. The summed E-state index contributed by atoms with van der Waals surface area (Å²) in [4.78, 5) is 46.2. The van der Waals surface area contributed by atoms with Crippen LogP contribution in [0.2, 0.25) is 0 Å².